The number of nitrogens with zero attached hydrogens (tertiary/aromatic N) is 2. The number of pyridine rings is 1. The van der Waals surface area contributed by atoms with Crippen molar-refractivity contribution in [3.63, 3.8) is 0 Å². The summed E-state index contributed by atoms with van der Waals surface area (Å²) >= 11 is 9.25. The van der Waals surface area contributed by atoms with Crippen molar-refractivity contribution in [3.05, 3.63) is 21.9 Å². The van der Waals surface area contributed by atoms with Crippen LogP contribution < -0.4 is 5.32 Å². The van der Waals surface area contributed by atoms with Crippen LogP contribution >= 0.6 is 27.5 Å². The highest BCUT2D eigenvalue weighted by molar-refractivity contribution is 9.10. The van der Waals surface area contributed by atoms with Crippen LogP contribution in [0.15, 0.2) is 16.7 Å². The van der Waals surface area contributed by atoms with E-state index in [1.807, 2.05) is 6.07 Å². The van der Waals surface area contributed by atoms with Crippen LogP contribution in [0.4, 0.5) is 5.69 Å². The van der Waals surface area contributed by atoms with Crippen LogP contribution in [0, 0.1) is 0 Å². The lowest BCUT2D eigenvalue weighted by Gasteiger charge is -2.20. The number of aromatic nitrogens is 1. The van der Waals surface area contributed by atoms with Crippen LogP contribution in [-0.4, -0.2) is 35.1 Å². The molecule has 94 valence electrons. The predicted molar refractivity (Wildman–Crippen MR) is 75.7 cm³/mol. The van der Waals surface area contributed by atoms with Gasteiger partial charge < -0.3 is 5.32 Å². The number of anilines is 1. The quantitative estimate of drug-likeness (QED) is 0.866. The molecule has 0 spiro atoms. The second kappa shape index (κ2) is 5.55. The average molecular weight is 319 g/mol. The summed E-state index contributed by atoms with van der Waals surface area (Å²) in [5, 5.41) is 4.01. The largest absolute Gasteiger partial charge is 0.380 e. The normalized spacial score (nSPS) is 21.1. The van der Waals surface area contributed by atoms with E-state index in [0.717, 1.165) is 23.2 Å². The van der Waals surface area contributed by atoms with E-state index in [4.69, 9.17) is 11.6 Å². The number of hydrogen-bond donors (Lipinski definition) is 1. The van der Waals surface area contributed by atoms with Gasteiger partial charge in [0.1, 0.15) is 5.15 Å². The number of rotatable bonds is 3. The molecule has 2 heterocycles. The Morgan fingerprint density at radius 1 is 1.59 bits per heavy atom. The topological polar surface area (TPSA) is 28.2 Å². The average Bonchev–Trinajstić information content (AvgIpc) is 2.72. The second-order valence-electron chi connectivity index (χ2n) is 4.72. The molecule has 1 unspecified atom stereocenters. The van der Waals surface area contributed by atoms with E-state index < -0.39 is 0 Å². The third-order valence-electron chi connectivity index (χ3n) is 3.12. The predicted octanol–water partition coefficient (Wildman–Crippen LogP) is 3.39. The van der Waals surface area contributed by atoms with Gasteiger partial charge in [0, 0.05) is 25.2 Å². The highest BCUT2D eigenvalue weighted by Gasteiger charge is 2.23. The molecule has 5 heteroatoms. The molecular weight excluding hydrogens is 302 g/mol. The first-order valence-electron chi connectivity index (χ1n) is 5.88. The molecule has 1 aliphatic rings. The van der Waals surface area contributed by atoms with Crippen molar-refractivity contribution < 1.29 is 0 Å². The molecule has 0 radical (unpaired) electrons. The summed E-state index contributed by atoms with van der Waals surface area (Å²) in [5.41, 5.74) is 1.02. The van der Waals surface area contributed by atoms with Gasteiger partial charge in [-0.2, -0.15) is 0 Å². The molecule has 1 aromatic rings. The van der Waals surface area contributed by atoms with Gasteiger partial charge in [-0.15, -0.1) is 0 Å². The number of hydrogen-bond acceptors (Lipinski definition) is 3. The van der Waals surface area contributed by atoms with E-state index in [2.05, 4.69) is 45.0 Å². The third-order valence-corrected chi connectivity index (χ3v) is 4.25. The molecule has 1 N–H and O–H groups in total. The highest BCUT2D eigenvalue weighted by Crippen LogP contribution is 2.24. The summed E-state index contributed by atoms with van der Waals surface area (Å²) in [6.45, 7) is 6.74. The van der Waals surface area contributed by atoms with Crippen molar-refractivity contribution in [2.24, 2.45) is 0 Å². The SMILES string of the molecule is CC(C)N1CCC(Nc2cnc(Cl)c(Br)c2)C1. The zero-order valence-corrected chi connectivity index (χ0v) is 12.4. The van der Waals surface area contributed by atoms with E-state index in [9.17, 15) is 0 Å². The van der Waals surface area contributed by atoms with Gasteiger partial charge >= 0.3 is 0 Å². The lowest BCUT2D eigenvalue weighted by Crippen LogP contribution is -2.31. The maximum atomic E-state index is 5.87. The first-order chi connectivity index (χ1) is 8.06. The lowest BCUT2D eigenvalue weighted by molar-refractivity contribution is 0.274. The molecule has 0 aliphatic carbocycles. The van der Waals surface area contributed by atoms with Gasteiger partial charge in [-0.3, -0.25) is 4.90 Å². The Kier molecular flexibility index (Phi) is 4.28. The van der Waals surface area contributed by atoms with E-state index >= 15 is 0 Å². The van der Waals surface area contributed by atoms with Gasteiger partial charge in [0.15, 0.2) is 0 Å². The lowest BCUT2D eigenvalue weighted by atomic mass is 10.2. The van der Waals surface area contributed by atoms with Crippen LogP contribution in [0.1, 0.15) is 20.3 Å². The molecular formula is C12H17BrClN3. The monoisotopic (exact) mass is 317 g/mol. The van der Waals surface area contributed by atoms with Crippen molar-refractivity contribution in [3.8, 4) is 0 Å². The van der Waals surface area contributed by atoms with E-state index in [0.29, 0.717) is 17.2 Å². The number of nitrogens with one attached hydrogen (secondary N) is 1. The Hall–Kier alpha value is -0.320. The fraction of sp³-hybridized carbons (Fsp3) is 0.583. The van der Waals surface area contributed by atoms with E-state index in [1.165, 1.54) is 6.42 Å². The zero-order chi connectivity index (χ0) is 12.4. The summed E-state index contributed by atoms with van der Waals surface area (Å²) in [4.78, 5) is 6.60. The maximum absolute atomic E-state index is 5.87. The molecule has 1 aliphatic heterocycles. The number of halogens is 2. The Morgan fingerprint density at radius 3 is 2.94 bits per heavy atom. The Balaban J connectivity index is 1.96. The minimum Gasteiger partial charge on any atom is -0.380 e. The summed E-state index contributed by atoms with van der Waals surface area (Å²) in [7, 11) is 0. The molecule has 17 heavy (non-hydrogen) atoms. The van der Waals surface area contributed by atoms with Crippen LogP contribution in [0.25, 0.3) is 0 Å². The number of likely N-dealkylation sites (tertiary alicyclic amines) is 1. The molecule has 1 aromatic heterocycles. The zero-order valence-electron chi connectivity index (χ0n) is 10.1. The molecule has 3 nitrogen and oxygen atoms in total. The Bertz CT molecular complexity index is 397. The Morgan fingerprint density at radius 2 is 2.35 bits per heavy atom. The highest BCUT2D eigenvalue weighted by atomic mass is 79.9. The maximum Gasteiger partial charge on any atom is 0.143 e. The summed E-state index contributed by atoms with van der Waals surface area (Å²) in [6.07, 6.45) is 2.96. The summed E-state index contributed by atoms with van der Waals surface area (Å²) < 4.78 is 0.836. The fourth-order valence-corrected chi connectivity index (χ4v) is 2.56. The van der Waals surface area contributed by atoms with Gasteiger partial charge in [0.25, 0.3) is 0 Å². The van der Waals surface area contributed by atoms with Crippen LogP contribution in [-0.2, 0) is 0 Å². The smallest absolute Gasteiger partial charge is 0.143 e. The molecule has 0 bridgehead atoms. The van der Waals surface area contributed by atoms with E-state index in [-0.39, 0.29) is 0 Å². The minimum atomic E-state index is 0.505. The van der Waals surface area contributed by atoms with Crippen LogP contribution in [0.3, 0.4) is 0 Å². The summed E-state index contributed by atoms with van der Waals surface area (Å²) in [6, 6.07) is 3.11. The molecule has 0 amide bonds. The van der Waals surface area contributed by atoms with Crippen molar-refractivity contribution in [1.29, 1.82) is 0 Å². The molecule has 1 atom stereocenters. The minimum absolute atomic E-state index is 0.505. The van der Waals surface area contributed by atoms with Gasteiger partial charge in [-0.1, -0.05) is 11.6 Å². The first-order valence-corrected chi connectivity index (χ1v) is 7.05. The van der Waals surface area contributed by atoms with Gasteiger partial charge in [0.2, 0.25) is 0 Å². The van der Waals surface area contributed by atoms with Gasteiger partial charge in [0.05, 0.1) is 16.4 Å². The first kappa shape index (κ1) is 13.1. The van der Waals surface area contributed by atoms with Crippen molar-refractivity contribution in [2.75, 3.05) is 18.4 Å². The third kappa shape index (κ3) is 3.33. The van der Waals surface area contributed by atoms with E-state index in [1.54, 1.807) is 6.20 Å². The molecule has 1 saturated heterocycles. The van der Waals surface area contributed by atoms with Crippen LogP contribution in [0.2, 0.25) is 5.15 Å². The summed E-state index contributed by atoms with van der Waals surface area (Å²) in [5.74, 6) is 0. The van der Waals surface area contributed by atoms with Gasteiger partial charge in [-0.25, -0.2) is 4.98 Å². The molecule has 0 saturated carbocycles. The Labute approximate surface area is 116 Å². The fourth-order valence-electron chi connectivity index (χ4n) is 2.11. The van der Waals surface area contributed by atoms with Crippen molar-refractivity contribution in [1.82, 2.24) is 9.88 Å². The van der Waals surface area contributed by atoms with Crippen molar-refractivity contribution >= 4 is 33.2 Å². The second-order valence-corrected chi connectivity index (χ2v) is 5.93. The molecule has 2 rings (SSSR count). The van der Waals surface area contributed by atoms with Crippen molar-refractivity contribution in [2.45, 2.75) is 32.4 Å². The molecule has 1 fully saturated rings. The van der Waals surface area contributed by atoms with Gasteiger partial charge in [-0.05, 0) is 42.3 Å². The van der Waals surface area contributed by atoms with Crippen LogP contribution in [0.5, 0.6) is 0 Å². The molecule has 0 aromatic carbocycles. The standard InChI is InChI=1S/C12H17BrClN3/c1-8(2)17-4-3-9(7-17)16-10-5-11(13)12(14)15-6-10/h5-6,8-9,16H,3-4,7H2,1-2H3.